The number of morpholine rings is 1. The van der Waals surface area contributed by atoms with Crippen LogP contribution in [0.1, 0.15) is 5.56 Å². The first kappa shape index (κ1) is 27.4. The van der Waals surface area contributed by atoms with Gasteiger partial charge in [-0.15, -0.1) is 24.0 Å². The molecule has 176 valence electrons. The Morgan fingerprint density at radius 1 is 1.16 bits per heavy atom. The molecule has 1 aromatic rings. The molecule has 2 rings (SSSR count). The number of benzene rings is 1. The number of halogens is 1. The standard InChI is InChI=1S/C21H35N5O4.HI/c1-25(2)20(27)16-24-21(22-8-10-26-11-14-29-15-12-26)23-9-13-30-17-18-4-6-19(28-3)7-5-18;/h4-7H,8-17H2,1-3H3,(H2,22,23,24);1H. The van der Waals surface area contributed by atoms with E-state index >= 15 is 0 Å². The second kappa shape index (κ2) is 16.1. The van der Waals surface area contributed by atoms with Crippen molar-refractivity contribution in [3.63, 3.8) is 0 Å². The highest BCUT2D eigenvalue weighted by atomic mass is 127. The summed E-state index contributed by atoms with van der Waals surface area (Å²) in [5.41, 5.74) is 1.09. The predicted octanol–water partition coefficient (Wildman–Crippen LogP) is 0.785. The molecular weight excluding hydrogens is 513 g/mol. The number of likely N-dealkylation sites (N-methyl/N-ethyl adjacent to an activating group) is 1. The lowest BCUT2D eigenvalue weighted by molar-refractivity contribution is -0.127. The zero-order valence-corrected chi connectivity index (χ0v) is 21.1. The number of carbonyl (C=O) groups excluding carboxylic acids is 1. The Balaban J connectivity index is 0.00000480. The molecule has 1 heterocycles. The van der Waals surface area contributed by atoms with E-state index in [0.29, 0.717) is 25.7 Å². The van der Waals surface area contributed by atoms with Crippen LogP contribution >= 0.6 is 24.0 Å². The van der Waals surface area contributed by atoms with Crippen LogP contribution in [0.5, 0.6) is 5.75 Å². The van der Waals surface area contributed by atoms with Crippen LogP contribution in [0.25, 0.3) is 0 Å². The van der Waals surface area contributed by atoms with Gasteiger partial charge < -0.3 is 29.7 Å². The molecule has 2 N–H and O–H groups in total. The summed E-state index contributed by atoms with van der Waals surface area (Å²) in [4.78, 5) is 20.1. The maximum absolute atomic E-state index is 11.9. The van der Waals surface area contributed by atoms with Gasteiger partial charge in [-0.2, -0.15) is 0 Å². The van der Waals surface area contributed by atoms with Crippen LogP contribution in [0.2, 0.25) is 0 Å². The van der Waals surface area contributed by atoms with Gasteiger partial charge >= 0.3 is 0 Å². The highest BCUT2D eigenvalue weighted by Gasteiger charge is 2.10. The minimum atomic E-state index is -0.0416. The van der Waals surface area contributed by atoms with Crippen molar-refractivity contribution >= 4 is 35.8 Å². The first-order valence-corrected chi connectivity index (χ1v) is 10.3. The number of nitrogens with zero attached hydrogens (tertiary/aromatic N) is 3. The lowest BCUT2D eigenvalue weighted by Crippen LogP contribution is -2.45. The maximum atomic E-state index is 11.9. The zero-order chi connectivity index (χ0) is 21.6. The van der Waals surface area contributed by atoms with E-state index in [-0.39, 0.29) is 36.4 Å². The van der Waals surface area contributed by atoms with E-state index in [1.807, 2.05) is 24.3 Å². The van der Waals surface area contributed by atoms with Gasteiger partial charge in [0.05, 0.1) is 33.5 Å². The fourth-order valence-electron chi connectivity index (χ4n) is 2.77. The molecular formula is C21H36IN5O4. The summed E-state index contributed by atoms with van der Waals surface area (Å²) in [5.74, 6) is 1.41. The fourth-order valence-corrected chi connectivity index (χ4v) is 2.77. The van der Waals surface area contributed by atoms with E-state index in [0.717, 1.165) is 50.7 Å². The number of rotatable bonds is 11. The molecule has 9 nitrogen and oxygen atoms in total. The molecule has 31 heavy (non-hydrogen) atoms. The zero-order valence-electron chi connectivity index (χ0n) is 18.8. The van der Waals surface area contributed by atoms with Gasteiger partial charge in [-0.25, -0.2) is 4.99 Å². The van der Waals surface area contributed by atoms with Crippen LogP contribution in [0.15, 0.2) is 29.3 Å². The van der Waals surface area contributed by atoms with Crippen molar-refractivity contribution in [3.8, 4) is 5.75 Å². The molecule has 10 heteroatoms. The molecule has 1 amide bonds. The molecule has 1 aliphatic heterocycles. The van der Waals surface area contributed by atoms with Gasteiger partial charge in [-0.1, -0.05) is 12.1 Å². The van der Waals surface area contributed by atoms with Crippen LogP contribution in [0.3, 0.4) is 0 Å². The van der Waals surface area contributed by atoms with Crippen molar-refractivity contribution in [2.75, 3.05) is 80.3 Å². The molecule has 0 spiro atoms. The number of methoxy groups -OCH3 is 1. The molecule has 0 unspecified atom stereocenters. The number of aliphatic imine (C=N–C) groups is 1. The average molecular weight is 549 g/mol. The van der Waals surface area contributed by atoms with Crippen LogP contribution < -0.4 is 15.4 Å². The first-order chi connectivity index (χ1) is 14.6. The van der Waals surface area contributed by atoms with Crippen molar-refractivity contribution in [1.29, 1.82) is 0 Å². The summed E-state index contributed by atoms with van der Waals surface area (Å²) in [6, 6.07) is 7.81. The smallest absolute Gasteiger partial charge is 0.243 e. The summed E-state index contributed by atoms with van der Waals surface area (Å²) in [5, 5.41) is 6.54. The third-order valence-corrected chi connectivity index (χ3v) is 4.66. The van der Waals surface area contributed by atoms with Gasteiger partial charge in [-0.05, 0) is 17.7 Å². The lowest BCUT2D eigenvalue weighted by atomic mass is 10.2. The third-order valence-electron chi connectivity index (χ3n) is 4.66. The number of nitrogens with one attached hydrogen (secondary N) is 2. The van der Waals surface area contributed by atoms with E-state index in [1.165, 1.54) is 4.90 Å². The molecule has 1 fully saturated rings. The second-order valence-electron chi connectivity index (χ2n) is 7.16. The van der Waals surface area contributed by atoms with Crippen molar-refractivity contribution in [3.05, 3.63) is 29.8 Å². The van der Waals surface area contributed by atoms with Crippen LogP contribution in [-0.4, -0.2) is 102 Å². The molecule has 0 aliphatic carbocycles. The van der Waals surface area contributed by atoms with E-state index in [1.54, 1.807) is 21.2 Å². The average Bonchev–Trinajstić information content (AvgIpc) is 2.77. The van der Waals surface area contributed by atoms with E-state index < -0.39 is 0 Å². The minimum absolute atomic E-state index is 0. The predicted molar refractivity (Wildman–Crippen MR) is 132 cm³/mol. The molecule has 1 aliphatic rings. The molecule has 0 saturated carbocycles. The Morgan fingerprint density at radius 2 is 1.84 bits per heavy atom. The Labute approximate surface area is 202 Å². The molecule has 0 radical (unpaired) electrons. The first-order valence-electron chi connectivity index (χ1n) is 10.3. The summed E-state index contributed by atoms with van der Waals surface area (Å²) in [6.07, 6.45) is 0. The normalized spacial score (nSPS) is 14.5. The summed E-state index contributed by atoms with van der Waals surface area (Å²) in [6.45, 7) is 6.85. The Hall–Kier alpha value is -1.63. The molecule has 1 aromatic carbocycles. The highest BCUT2D eigenvalue weighted by Crippen LogP contribution is 2.11. The highest BCUT2D eigenvalue weighted by molar-refractivity contribution is 14.0. The van der Waals surface area contributed by atoms with Crippen molar-refractivity contribution < 1.29 is 19.0 Å². The molecule has 0 bridgehead atoms. The van der Waals surface area contributed by atoms with Crippen LogP contribution in [0, 0.1) is 0 Å². The number of hydrogen-bond donors (Lipinski definition) is 2. The number of guanidine groups is 1. The number of ether oxygens (including phenoxy) is 3. The Kier molecular flexibility index (Phi) is 14.2. The van der Waals surface area contributed by atoms with Gasteiger partial charge in [0.15, 0.2) is 5.96 Å². The molecule has 0 atom stereocenters. The fraction of sp³-hybridized carbons (Fsp3) is 0.619. The quantitative estimate of drug-likeness (QED) is 0.183. The van der Waals surface area contributed by atoms with E-state index in [9.17, 15) is 4.79 Å². The Morgan fingerprint density at radius 3 is 2.48 bits per heavy atom. The third kappa shape index (κ3) is 11.5. The lowest BCUT2D eigenvalue weighted by Gasteiger charge is -2.26. The van der Waals surface area contributed by atoms with Gasteiger partial charge in [0.25, 0.3) is 0 Å². The molecule has 0 aromatic heterocycles. The summed E-state index contributed by atoms with van der Waals surface area (Å²) >= 11 is 0. The summed E-state index contributed by atoms with van der Waals surface area (Å²) < 4.78 is 16.3. The topological polar surface area (TPSA) is 87.7 Å². The minimum Gasteiger partial charge on any atom is -0.497 e. The van der Waals surface area contributed by atoms with Crippen LogP contribution in [-0.2, 0) is 20.9 Å². The van der Waals surface area contributed by atoms with Crippen molar-refractivity contribution in [2.24, 2.45) is 4.99 Å². The van der Waals surface area contributed by atoms with Crippen molar-refractivity contribution in [2.45, 2.75) is 6.61 Å². The van der Waals surface area contributed by atoms with Crippen LogP contribution in [0.4, 0.5) is 0 Å². The summed E-state index contributed by atoms with van der Waals surface area (Å²) in [7, 11) is 5.10. The SMILES string of the molecule is COc1ccc(COCCNC(=NCC(=O)N(C)C)NCCN2CCOCC2)cc1.I. The number of carbonyl (C=O) groups is 1. The maximum Gasteiger partial charge on any atom is 0.243 e. The van der Waals surface area contributed by atoms with Gasteiger partial charge in [0.2, 0.25) is 5.91 Å². The van der Waals surface area contributed by atoms with E-state index in [2.05, 4.69) is 20.5 Å². The van der Waals surface area contributed by atoms with Gasteiger partial charge in [0, 0.05) is 46.8 Å². The van der Waals surface area contributed by atoms with Gasteiger partial charge in [0.1, 0.15) is 12.3 Å². The van der Waals surface area contributed by atoms with Gasteiger partial charge in [-0.3, -0.25) is 9.69 Å². The largest absolute Gasteiger partial charge is 0.497 e. The Bertz CT molecular complexity index is 652. The number of amides is 1. The molecule has 1 saturated heterocycles. The van der Waals surface area contributed by atoms with Crippen molar-refractivity contribution in [1.82, 2.24) is 20.4 Å². The van der Waals surface area contributed by atoms with E-state index in [4.69, 9.17) is 14.2 Å². The number of hydrogen-bond acceptors (Lipinski definition) is 6. The second-order valence-corrected chi connectivity index (χ2v) is 7.16. The monoisotopic (exact) mass is 549 g/mol.